The Kier molecular flexibility index (Phi) is 10.4. The molecule has 1 saturated heterocycles. The Morgan fingerprint density at radius 3 is 2.52 bits per heavy atom. The first-order valence-corrected chi connectivity index (χ1v) is 7.55. The molecule has 5 nitrogen and oxygen atoms in total. The van der Waals surface area contributed by atoms with Crippen LogP contribution in [-0.4, -0.2) is 55.2 Å². The zero-order valence-corrected chi connectivity index (χ0v) is 15.2. The molecule has 1 heterocycles. The Labute approximate surface area is 150 Å². The predicted molar refractivity (Wildman–Crippen MR) is 97.4 cm³/mol. The highest BCUT2D eigenvalue weighted by Crippen LogP contribution is 2.19. The van der Waals surface area contributed by atoms with Gasteiger partial charge in [0.1, 0.15) is 6.04 Å². The van der Waals surface area contributed by atoms with E-state index in [1.54, 1.807) is 0 Å². The quantitative estimate of drug-likeness (QED) is 0.710. The monoisotopic (exact) mass is 363 g/mol. The summed E-state index contributed by atoms with van der Waals surface area (Å²) in [5, 5.41) is 15.9. The summed E-state index contributed by atoms with van der Waals surface area (Å²) < 4.78 is 0. The van der Waals surface area contributed by atoms with Gasteiger partial charge in [0.2, 0.25) is 5.91 Å². The average molecular weight is 364 g/mol. The first-order chi connectivity index (χ1) is 10.1. The molecular formula is C16H27Cl2N3O2. The molecule has 3 unspecified atom stereocenters. The minimum atomic E-state index is -0.371. The molecule has 1 amide bonds. The summed E-state index contributed by atoms with van der Waals surface area (Å²) in [6, 6.07) is 9.51. The molecule has 2 rings (SSSR count). The number of aliphatic hydroxyl groups is 1. The lowest BCUT2D eigenvalue weighted by Crippen LogP contribution is -2.42. The van der Waals surface area contributed by atoms with Crippen LogP contribution in [0.15, 0.2) is 30.3 Å². The number of hydrogen-bond donors (Lipinski definition) is 3. The molecule has 3 N–H and O–H groups in total. The molecule has 0 saturated carbocycles. The number of amides is 1. The van der Waals surface area contributed by atoms with E-state index < -0.39 is 0 Å². The van der Waals surface area contributed by atoms with E-state index in [4.69, 9.17) is 0 Å². The topological polar surface area (TPSA) is 64.6 Å². The number of carbonyl (C=O) groups excluding carboxylic acids is 1. The second-order valence-corrected chi connectivity index (χ2v) is 5.62. The average Bonchev–Trinajstić information content (AvgIpc) is 2.91. The van der Waals surface area contributed by atoms with E-state index in [1.165, 1.54) is 0 Å². The van der Waals surface area contributed by atoms with Crippen LogP contribution in [-0.2, 0) is 4.79 Å². The van der Waals surface area contributed by atoms with Gasteiger partial charge in [0.25, 0.3) is 0 Å². The molecule has 1 aromatic carbocycles. The van der Waals surface area contributed by atoms with Crippen LogP contribution in [0.3, 0.4) is 0 Å². The van der Waals surface area contributed by atoms with E-state index in [1.807, 2.05) is 49.2 Å². The molecule has 0 aliphatic carbocycles. The highest BCUT2D eigenvalue weighted by atomic mass is 35.5. The highest BCUT2D eigenvalue weighted by Gasteiger charge is 2.28. The van der Waals surface area contributed by atoms with Gasteiger partial charge < -0.3 is 15.7 Å². The number of hydrogen-bond acceptors (Lipinski definition) is 4. The van der Waals surface area contributed by atoms with E-state index in [0.29, 0.717) is 13.1 Å². The normalized spacial score (nSPS) is 21.2. The van der Waals surface area contributed by atoms with Gasteiger partial charge in [-0.1, -0.05) is 37.3 Å². The van der Waals surface area contributed by atoms with Crippen molar-refractivity contribution < 1.29 is 9.90 Å². The zero-order valence-electron chi connectivity index (χ0n) is 13.6. The van der Waals surface area contributed by atoms with Crippen molar-refractivity contribution in [1.29, 1.82) is 0 Å². The Morgan fingerprint density at radius 1 is 1.35 bits per heavy atom. The number of benzene rings is 1. The highest BCUT2D eigenvalue weighted by molar-refractivity contribution is 5.85. The lowest BCUT2D eigenvalue weighted by molar-refractivity contribution is -0.126. The Hall–Kier alpha value is -0.850. The summed E-state index contributed by atoms with van der Waals surface area (Å²) >= 11 is 0. The minimum absolute atomic E-state index is 0. The van der Waals surface area contributed by atoms with Gasteiger partial charge >= 0.3 is 0 Å². The van der Waals surface area contributed by atoms with Gasteiger partial charge in [0, 0.05) is 25.6 Å². The van der Waals surface area contributed by atoms with Crippen LogP contribution in [0.1, 0.15) is 18.5 Å². The van der Waals surface area contributed by atoms with Crippen molar-refractivity contribution >= 4 is 30.7 Å². The predicted octanol–water partition coefficient (Wildman–Crippen LogP) is 1.22. The summed E-state index contributed by atoms with van der Waals surface area (Å²) in [5.74, 6) is 0.0851. The van der Waals surface area contributed by atoms with Crippen LogP contribution >= 0.6 is 24.8 Å². The van der Waals surface area contributed by atoms with Crippen molar-refractivity contribution in [3.63, 3.8) is 0 Å². The number of nitrogens with one attached hydrogen (secondary N) is 2. The molecule has 1 aromatic rings. The molecule has 0 radical (unpaired) electrons. The molecule has 7 heteroatoms. The number of halogens is 2. The van der Waals surface area contributed by atoms with E-state index in [2.05, 4.69) is 10.6 Å². The lowest BCUT2D eigenvalue weighted by Gasteiger charge is -2.27. The summed E-state index contributed by atoms with van der Waals surface area (Å²) in [7, 11) is 1.95. The number of likely N-dealkylation sites (N-methyl/N-ethyl adjacent to an activating group) is 1. The first kappa shape index (κ1) is 22.1. The summed E-state index contributed by atoms with van der Waals surface area (Å²) in [5.41, 5.74) is 0.990. The maximum atomic E-state index is 12.6. The summed E-state index contributed by atoms with van der Waals surface area (Å²) in [6.45, 7) is 4.70. The third-order valence-corrected chi connectivity index (χ3v) is 4.15. The second kappa shape index (κ2) is 10.8. The lowest BCUT2D eigenvalue weighted by atomic mass is 10.0. The minimum Gasteiger partial charge on any atom is -0.391 e. The van der Waals surface area contributed by atoms with Crippen LogP contribution < -0.4 is 10.6 Å². The number of rotatable bonds is 6. The van der Waals surface area contributed by atoms with Crippen molar-refractivity contribution in [3.8, 4) is 0 Å². The molecule has 0 spiro atoms. The first-order valence-electron chi connectivity index (χ1n) is 7.55. The zero-order chi connectivity index (χ0) is 15.2. The molecule has 0 bridgehead atoms. The molecule has 0 aromatic heterocycles. The number of aliphatic hydroxyl groups excluding tert-OH is 1. The van der Waals surface area contributed by atoms with Gasteiger partial charge in [-0.25, -0.2) is 0 Å². The van der Waals surface area contributed by atoms with Crippen molar-refractivity contribution in [2.45, 2.75) is 19.1 Å². The Morgan fingerprint density at radius 2 is 2.00 bits per heavy atom. The van der Waals surface area contributed by atoms with E-state index >= 15 is 0 Å². The molecule has 23 heavy (non-hydrogen) atoms. The summed E-state index contributed by atoms with van der Waals surface area (Å²) in [6.07, 6.45) is -0.371. The van der Waals surface area contributed by atoms with Gasteiger partial charge in [-0.05, 0) is 19.2 Å². The summed E-state index contributed by atoms with van der Waals surface area (Å²) in [4.78, 5) is 14.6. The van der Waals surface area contributed by atoms with Gasteiger partial charge in [0.15, 0.2) is 0 Å². The maximum Gasteiger partial charge on any atom is 0.241 e. The standard InChI is InChI=1S/C16H25N3O2.2ClH/c1-3-19(2)15(12-7-5-4-6-8-12)16(21)18-10-13-9-17-11-14(13)20;;/h4-8,13-15,17,20H,3,9-11H2,1-2H3,(H,18,21);2*1H. The van der Waals surface area contributed by atoms with Crippen molar-refractivity contribution in [3.05, 3.63) is 35.9 Å². The number of nitrogens with zero attached hydrogens (tertiary/aromatic N) is 1. The molecule has 1 aliphatic heterocycles. The largest absolute Gasteiger partial charge is 0.391 e. The smallest absolute Gasteiger partial charge is 0.241 e. The van der Waals surface area contributed by atoms with Crippen LogP contribution in [0, 0.1) is 5.92 Å². The van der Waals surface area contributed by atoms with Crippen molar-refractivity contribution in [2.75, 3.05) is 33.2 Å². The fourth-order valence-electron chi connectivity index (χ4n) is 2.68. The number of β-amino-alcohol motifs (C(OH)–C–C–N with tert-alkyl or cyclic N) is 1. The third-order valence-electron chi connectivity index (χ3n) is 4.15. The van der Waals surface area contributed by atoms with E-state index in [-0.39, 0.29) is 48.8 Å². The van der Waals surface area contributed by atoms with Gasteiger partial charge in [-0.2, -0.15) is 0 Å². The van der Waals surface area contributed by atoms with Gasteiger partial charge in [-0.3, -0.25) is 9.69 Å². The Bertz CT molecular complexity index is 462. The molecule has 132 valence electrons. The number of carbonyl (C=O) groups is 1. The maximum absolute atomic E-state index is 12.6. The van der Waals surface area contributed by atoms with Crippen LogP contribution in [0.5, 0.6) is 0 Å². The van der Waals surface area contributed by atoms with E-state index in [9.17, 15) is 9.90 Å². The van der Waals surface area contributed by atoms with Gasteiger partial charge in [0.05, 0.1) is 6.10 Å². The third kappa shape index (κ3) is 5.94. The molecule has 1 aliphatic rings. The van der Waals surface area contributed by atoms with Gasteiger partial charge in [-0.15, -0.1) is 24.8 Å². The fourth-order valence-corrected chi connectivity index (χ4v) is 2.68. The van der Waals surface area contributed by atoms with Crippen molar-refractivity contribution in [2.24, 2.45) is 5.92 Å². The van der Waals surface area contributed by atoms with Crippen LogP contribution in [0.2, 0.25) is 0 Å². The molecular weight excluding hydrogens is 337 g/mol. The fraction of sp³-hybridized carbons (Fsp3) is 0.562. The second-order valence-electron chi connectivity index (χ2n) is 5.62. The molecule has 1 fully saturated rings. The van der Waals surface area contributed by atoms with Crippen LogP contribution in [0.25, 0.3) is 0 Å². The molecule has 3 atom stereocenters. The Balaban J connectivity index is 0.00000242. The van der Waals surface area contributed by atoms with E-state index in [0.717, 1.165) is 18.7 Å². The van der Waals surface area contributed by atoms with Crippen LogP contribution in [0.4, 0.5) is 0 Å². The SMILES string of the molecule is CCN(C)C(C(=O)NCC1CNCC1O)c1ccccc1.Cl.Cl. The van der Waals surface area contributed by atoms with Crippen molar-refractivity contribution in [1.82, 2.24) is 15.5 Å².